The van der Waals surface area contributed by atoms with Gasteiger partial charge in [0.05, 0.1) is 29.1 Å². The molecule has 0 aliphatic carbocycles. The van der Waals surface area contributed by atoms with E-state index >= 15 is 0 Å². The highest BCUT2D eigenvalue weighted by molar-refractivity contribution is 7.99. The van der Waals surface area contributed by atoms with Gasteiger partial charge >= 0.3 is 0 Å². The second-order valence-electron chi connectivity index (χ2n) is 7.29. The number of ether oxygens (including phenoxy) is 1. The predicted molar refractivity (Wildman–Crippen MR) is 132 cm³/mol. The number of halogens is 1. The summed E-state index contributed by atoms with van der Waals surface area (Å²) < 4.78 is 20.4. The van der Waals surface area contributed by atoms with E-state index in [1.807, 2.05) is 43.3 Å². The Balaban J connectivity index is 1.48. The van der Waals surface area contributed by atoms with E-state index in [0.29, 0.717) is 28.9 Å². The minimum atomic E-state index is -0.372. The molecule has 7 nitrogen and oxygen atoms in total. The van der Waals surface area contributed by atoms with Crippen LogP contribution in [0.1, 0.15) is 6.92 Å². The Morgan fingerprint density at radius 2 is 1.71 bits per heavy atom. The molecule has 0 bridgehead atoms. The summed E-state index contributed by atoms with van der Waals surface area (Å²) in [6.07, 6.45) is 0. The molecular weight excluding hydrogens is 455 g/mol. The SMILES string of the molecule is CCOc1ccccc1NC(=O)Cn1c(SCC(=O)Nc2ccc(F)cc2)nc2ccccc21. The van der Waals surface area contributed by atoms with Gasteiger partial charge < -0.3 is 19.9 Å². The number of amides is 2. The zero-order valence-electron chi connectivity index (χ0n) is 18.5. The molecule has 0 unspecified atom stereocenters. The Morgan fingerprint density at radius 1 is 0.971 bits per heavy atom. The number of aromatic nitrogens is 2. The van der Waals surface area contributed by atoms with Gasteiger partial charge in [-0.05, 0) is 55.5 Å². The van der Waals surface area contributed by atoms with Gasteiger partial charge in [-0.2, -0.15) is 0 Å². The van der Waals surface area contributed by atoms with Crippen LogP contribution in [0.3, 0.4) is 0 Å². The van der Waals surface area contributed by atoms with E-state index in [-0.39, 0.29) is 29.9 Å². The van der Waals surface area contributed by atoms with E-state index in [1.54, 1.807) is 16.7 Å². The number of fused-ring (bicyclic) bond motifs is 1. The number of hydrogen-bond donors (Lipinski definition) is 2. The van der Waals surface area contributed by atoms with E-state index in [4.69, 9.17) is 4.74 Å². The van der Waals surface area contributed by atoms with Gasteiger partial charge in [-0.1, -0.05) is 36.0 Å². The number of hydrogen-bond acceptors (Lipinski definition) is 5. The van der Waals surface area contributed by atoms with Crippen molar-refractivity contribution in [1.82, 2.24) is 9.55 Å². The van der Waals surface area contributed by atoms with Crippen molar-refractivity contribution in [3.05, 3.63) is 78.6 Å². The van der Waals surface area contributed by atoms with Gasteiger partial charge in [0.1, 0.15) is 18.1 Å². The number of benzene rings is 3. The lowest BCUT2D eigenvalue weighted by Gasteiger charge is -2.13. The van der Waals surface area contributed by atoms with E-state index in [1.165, 1.54) is 36.0 Å². The monoisotopic (exact) mass is 478 g/mol. The molecule has 0 saturated heterocycles. The predicted octanol–water partition coefficient (Wildman–Crippen LogP) is 4.94. The summed E-state index contributed by atoms with van der Waals surface area (Å²) in [6, 6.07) is 20.3. The van der Waals surface area contributed by atoms with Gasteiger partial charge in [0.2, 0.25) is 11.8 Å². The first-order valence-electron chi connectivity index (χ1n) is 10.7. The van der Waals surface area contributed by atoms with Crippen molar-refractivity contribution in [3.8, 4) is 5.75 Å². The third-order valence-corrected chi connectivity index (χ3v) is 5.82. The highest BCUT2D eigenvalue weighted by Gasteiger charge is 2.16. The molecule has 4 aromatic rings. The first kappa shape index (κ1) is 23.3. The van der Waals surface area contributed by atoms with Crippen molar-refractivity contribution in [2.45, 2.75) is 18.6 Å². The normalized spacial score (nSPS) is 10.8. The van der Waals surface area contributed by atoms with Crippen LogP contribution in [-0.2, 0) is 16.1 Å². The van der Waals surface area contributed by atoms with E-state index in [9.17, 15) is 14.0 Å². The Bertz CT molecular complexity index is 1310. The lowest BCUT2D eigenvalue weighted by atomic mass is 10.3. The van der Waals surface area contributed by atoms with Gasteiger partial charge in [0.15, 0.2) is 5.16 Å². The molecule has 2 N–H and O–H groups in total. The Morgan fingerprint density at radius 3 is 2.50 bits per heavy atom. The zero-order valence-corrected chi connectivity index (χ0v) is 19.3. The van der Waals surface area contributed by atoms with Crippen LogP contribution in [0.15, 0.2) is 78.0 Å². The van der Waals surface area contributed by atoms with Gasteiger partial charge in [-0.15, -0.1) is 0 Å². The van der Waals surface area contributed by atoms with Crippen molar-refractivity contribution in [2.75, 3.05) is 23.0 Å². The number of anilines is 2. The van der Waals surface area contributed by atoms with E-state index in [2.05, 4.69) is 15.6 Å². The molecule has 174 valence electrons. The van der Waals surface area contributed by atoms with Crippen LogP contribution in [0.4, 0.5) is 15.8 Å². The maximum atomic E-state index is 13.1. The summed E-state index contributed by atoms with van der Waals surface area (Å²) >= 11 is 1.22. The first-order chi connectivity index (χ1) is 16.5. The highest BCUT2D eigenvalue weighted by atomic mass is 32.2. The molecular formula is C25H23FN4O3S. The molecule has 2 amide bonds. The quantitative estimate of drug-likeness (QED) is 0.333. The summed E-state index contributed by atoms with van der Waals surface area (Å²) in [5.41, 5.74) is 2.61. The molecule has 0 aliphatic heterocycles. The largest absolute Gasteiger partial charge is 0.492 e. The number of nitrogens with one attached hydrogen (secondary N) is 2. The number of carbonyl (C=O) groups excluding carboxylic acids is 2. The van der Waals surface area contributed by atoms with Crippen molar-refractivity contribution in [1.29, 1.82) is 0 Å². The van der Waals surface area contributed by atoms with Crippen molar-refractivity contribution in [2.24, 2.45) is 0 Å². The molecule has 1 aromatic heterocycles. The smallest absolute Gasteiger partial charge is 0.244 e. The number of rotatable bonds is 9. The van der Waals surface area contributed by atoms with E-state index < -0.39 is 0 Å². The maximum absolute atomic E-state index is 13.1. The van der Waals surface area contributed by atoms with Gasteiger partial charge in [0.25, 0.3) is 0 Å². The maximum Gasteiger partial charge on any atom is 0.244 e. The van der Waals surface area contributed by atoms with Crippen LogP contribution >= 0.6 is 11.8 Å². The van der Waals surface area contributed by atoms with Gasteiger partial charge in [-0.3, -0.25) is 9.59 Å². The fourth-order valence-corrected chi connectivity index (χ4v) is 4.18. The average Bonchev–Trinajstić information content (AvgIpc) is 3.18. The molecule has 34 heavy (non-hydrogen) atoms. The standard InChI is InChI=1S/C25H23FN4O3S/c1-2-33-22-10-6-4-8-20(22)28-23(31)15-30-21-9-5-3-7-19(21)29-25(30)34-16-24(32)27-18-13-11-17(26)12-14-18/h3-14H,2,15-16H2,1H3,(H,27,32)(H,28,31). The molecule has 3 aromatic carbocycles. The Kier molecular flexibility index (Phi) is 7.44. The molecule has 9 heteroatoms. The topological polar surface area (TPSA) is 85.2 Å². The molecule has 0 spiro atoms. The minimum Gasteiger partial charge on any atom is -0.492 e. The molecule has 0 radical (unpaired) electrons. The lowest BCUT2D eigenvalue weighted by molar-refractivity contribution is -0.117. The fraction of sp³-hybridized carbons (Fsp3) is 0.160. The lowest BCUT2D eigenvalue weighted by Crippen LogP contribution is -2.20. The number of nitrogens with zero attached hydrogens (tertiary/aromatic N) is 2. The summed E-state index contributed by atoms with van der Waals surface area (Å²) in [5.74, 6) is -0.197. The zero-order chi connectivity index (χ0) is 23.9. The fourth-order valence-electron chi connectivity index (χ4n) is 3.36. The number of imidazole rings is 1. The van der Waals surface area contributed by atoms with Gasteiger partial charge in [0, 0.05) is 5.69 Å². The molecule has 0 fully saturated rings. The molecule has 0 saturated carbocycles. The minimum absolute atomic E-state index is 0.0168. The van der Waals surface area contributed by atoms with Crippen LogP contribution in [0.5, 0.6) is 5.75 Å². The molecule has 4 rings (SSSR count). The summed E-state index contributed by atoms with van der Waals surface area (Å²) in [5, 5.41) is 6.17. The second-order valence-corrected chi connectivity index (χ2v) is 8.23. The van der Waals surface area contributed by atoms with Crippen molar-refractivity contribution >= 4 is 46.0 Å². The first-order valence-corrected chi connectivity index (χ1v) is 11.7. The highest BCUT2D eigenvalue weighted by Crippen LogP contribution is 2.26. The van der Waals surface area contributed by atoms with Crippen LogP contribution in [-0.4, -0.2) is 33.7 Å². The van der Waals surface area contributed by atoms with Gasteiger partial charge in [-0.25, -0.2) is 9.37 Å². The number of carbonyl (C=O) groups is 2. The van der Waals surface area contributed by atoms with Crippen LogP contribution in [0.25, 0.3) is 11.0 Å². The van der Waals surface area contributed by atoms with Crippen LogP contribution in [0.2, 0.25) is 0 Å². The molecule has 0 aliphatic rings. The van der Waals surface area contributed by atoms with Crippen molar-refractivity contribution in [3.63, 3.8) is 0 Å². The number of para-hydroxylation sites is 4. The van der Waals surface area contributed by atoms with Crippen LogP contribution < -0.4 is 15.4 Å². The second kappa shape index (κ2) is 10.8. The Labute approximate surface area is 200 Å². The summed E-state index contributed by atoms with van der Waals surface area (Å²) in [4.78, 5) is 29.9. The number of thioether (sulfide) groups is 1. The summed E-state index contributed by atoms with van der Waals surface area (Å²) in [6.45, 7) is 2.38. The third kappa shape index (κ3) is 5.74. The molecule has 0 atom stereocenters. The Hall–Kier alpha value is -3.85. The van der Waals surface area contributed by atoms with Crippen molar-refractivity contribution < 1.29 is 18.7 Å². The van der Waals surface area contributed by atoms with Crippen LogP contribution in [0, 0.1) is 5.82 Å². The van der Waals surface area contributed by atoms with E-state index in [0.717, 1.165) is 11.0 Å². The molecule has 1 heterocycles. The summed E-state index contributed by atoms with van der Waals surface area (Å²) in [7, 11) is 0. The third-order valence-electron chi connectivity index (χ3n) is 4.84. The average molecular weight is 479 g/mol.